The average Bonchev–Trinajstić information content (AvgIpc) is 2.75. The third kappa shape index (κ3) is 3.31. The minimum absolute atomic E-state index is 0.0114. The Hall–Kier alpha value is -3.15. The minimum atomic E-state index is -0.0402. The van der Waals surface area contributed by atoms with E-state index in [4.69, 9.17) is 0 Å². The van der Waals surface area contributed by atoms with Crippen LogP contribution in [0.15, 0.2) is 61.3 Å². The molecule has 6 heteroatoms. The molecule has 3 aromatic rings. The highest BCUT2D eigenvalue weighted by Crippen LogP contribution is 2.30. The second-order valence-electron chi connectivity index (χ2n) is 6.30. The average molecular weight is 345 g/mol. The number of carbonyl (C=O) groups excluding carboxylic acids is 1. The van der Waals surface area contributed by atoms with Gasteiger partial charge in [-0.25, -0.2) is 9.97 Å². The lowest BCUT2D eigenvalue weighted by Gasteiger charge is -2.35. The van der Waals surface area contributed by atoms with Gasteiger partial charge in [0.1, 0.15) is 0 Å². The molecule has 1 atom stereocenters. The molecule has 1 aliphatic heterocycles. The third-order valence-electron chi connectivity index (χ3n) is 4.63. The summed E-state index contributed by atoms with van der Waals surface area (Å²) in [4.78, 5) is 32.1. The first-order valence-electron chi connectivity index (χ1n) is 8.77. The molecule has 0 bridgehead atoms. The van der Waals surface area contributed by atoms with Crippen LogP contribution in [0, 0.1) is 0 Å². The molecule has 1 saturated heterocycles. The molecule has 26 heavy (non-hydrogen) atoms. The van der Waals surface area contributed by atoms with E-state index in [1.807, 2.05) is 35.2 Å². The van der Waals surface area contributed by atoms with E-state index in [1.165, 1.54) is 0 Å². The molecule has 0 N–H and O–H groups in total. The quantitative estimate of drug-likeness (QED) is 0.728. The molecule has 4 rings (SSSR count). The van der Waals surface area contributed by atoms with Crippen LogP contribution in [0.3, 0.4) is 0 Å². The van der Waals surface area contributed by atoms with Crippen LogP contribution in [0.2, 0.25) is 0 Å². The van der Waals surface area contributed by atoms with Crippen molar-refractivity contribution in [1.82, 2.24) is 24.8 Å². The van der Waals surface area contributed by atoms with Gasteiger partial charge < -0.3 is 4.90 Å². The van der Waals surface area contributed by atoms with Crippen molar-refractivity contribution < 1.29 is 4.79 Å². The predicted octanol–water partition coefficient (Wildman–Crippen LogP) is 3.30. The fourth-order valence-corrected chi connectivity index (χ4v) is 3.31. The van der Waals surface area contributed by atoms with Gasteiger partial charge in [0.05, 0.1) is 17.3 Å². The van der Waals surface area contributed by atoms with Gasteiger partial charge in [0.25, 0.3) is 5.91 Å². The maximum atomic E-state index is 13.0. The lowest BCUT2D eigenvalue weighted by molar-refractivity contribution is 0.0605. The summed E-state index contributed by atoms with van der Waals surface area (Å²) < 4.78 is 0. The maximum absolute atomic E-state index is 13.0. The number of rotatable bonds is 3. The summed E-state index contributed by atoms with van der Waals surface area (Å²) in [7, 11) is 0. The molecule has 3 aromatic heterocycles. The van der Waals surface area contributed by atoms with Crippen molar-refractivity contribution in [2.75, 3.05) is 6.54 Å². The van der Waals surface area contributed by atoms with Crippen molar-refractivity contribution >= 4 is 5.91 Å². The van der Waals surface area contributed by atoms with Crippen LogP contribution >= 0.6 is 0 Å². The van der Waals surface area contributed by atoms with Crippen LogP contribution in [-0.4, -0.2) is 37.3 Å². The summed E-state index contributed by atoms with van der Waals surface area (Å²) in [6.07, 6.45) is 11.4. The molecular weight excluding hydrogens is 326 g/mol. The Morgan fingerprint density at radius 2 is 1.77 bits per heavy atom. The Balaban J connectivity index is 1.58. The van der Waals surface area contributed by atoms with E-state index in [-0.39, 0.29) is 11.9 Å². The van der Waals surface area contributed by atoms with Crippen LogP contribution in [0.4, 0.5) is 0 Å². The number of carbonyl (C=O) groups is 1. The van der Waals surface area contributed by atoms with Crippen LogP contribution in [-0.2, 0) is 0 Å². The molecule has 1 amide bonds. The molecule has 1 aliphatic rings. The summed E-state index contributed by atoms with van der Waals surface area (Å²) >= 11 is 0. The summed E-state index contributed by atoms with van der Waals surface area (Å²) in [6, 6.07) is 9.55. The van der Waals surface area contributed by atoms with Crippen molar-refractivity contribution in [3.8, 4) is 11.4 Å². The van der Waals surface area contributed by atoms with Crippen LogP contribution < -0.4 is 0 Å². The van der Waals surface area contributed by atoms with E-state index in [0.717, 1.165) is 37.1 Å². The maximum Gasteiger partial charge on any atom is 0.257 e. The number of aromatic nitrogens is 4. The molecule has 4 heterocycles. The van der Waals surface area contributed by atoms with Gasteiger partial charge in [-0.3, -0.25) is 14.8 Å². The lowest BCUT2D eigenvalue weighted by atomic mass is 9.98. The smallest absolute Gasteiger partial charge is 0.257 e. The Bertz CT molecular complexity index is 868. The number of piperidine rings is 1. The Labute approximate surface area is 152 Å². The molecule has 0 aliphatic carbocycles. The van der Waals surface area contributed by atoms with Gasteiger partial charge in [-0.1, -0.05) is 6.07 Å². The van der Waals surface area contributed by atoms with Gasteiger partial charge >= 0.3 is 0 Å². The third-order valence-corrected chi connectivity index (χ3v) is 4.63. The molecule has 130 valence electrons. The number of nitrogens with zero attached hydrogens (tertiary/aromatic N) is 5. The Kier molecular flexibility index (Phi) is 4.64. The molecular formula is C20H19N5O. The van der Waals surface area contributed by atoms with E-state index in [1.54, 1.807) is 31.0 Å². The highest BCUT2D eigenvalue weighted by Gasteiger charge is 2.29. The minimum Gasteiger partial charge on any atom is -0.330 e. The van der Waals surface area contributed by atoms with Gasteiger partial charge in [-0.15, -0.1) is 0 Å². The zero-order chi connectivity index (χ0) is 17.8. The summed E-state index contributed by atoms with van der Waals surface area (Å²) in [5, 5.41) is 0. The van der Waals surface area contributed by atoms with Crippen molar-refractivity contribution in [3.63, 3.8) is 0 Å². The second kappa shape index (κ2) is 7.39. The van der Waals surface area contributed by atoms with Gasteiger partial charge in [-0.2, -0.15) is 0 Å². The summed E-state index contributed by atoms with van der Waals surface area (Å²) in [6.45, 7) is 0.728. The van der Waals surface area contributed by atoms with Gasteiger partial charge in [0, 0.05) is 43.1 Å². The largest absolute Gasteiger partial charge is 0.330 e. The molecule has 0 aromatic carbocycles. The first kappa shape index (κ1) is 16.3. The SMILES string of the molecule is O=C(c1cnc(-c2ccncc2)nc1)N1CCCC[C@H]1c1ccccn1. The van der Waals surface area contributed by atoms with Crippen molar-refractivity contribution in [3.05, 3.63) is 72.6 Å². The predicted molar refractivity (Wildman–Crippen MR) is 97.1 cm³/mol. The first-order chi connectivity index (χ1) is 12.8. The second-order valence-corrected chi connectivity index (χ2v) is 6.30. The number of hydrogen-bond donors (Lipinski definition) is 0. The number of pyridine rings is 2. The molecule has 0 saturated carbocycles. The van der Waals surface area contributed by atoms with Crippen molar-refractivity contribution in [1.29, 1.82) is 0 Å². The van der Waals surface area contributed by atoms with E-state index >= 15 is 0 Å². The van der Waals surface area contributed by atoms with Gasteiger partial charge in [-0.05, 0) is 43.5 Å². The number of hydrogen-bond acceptors (Lipinski definition) is 5. The topological polar surface area (TPSA) is 71.9 Å². The van der Waals surface area contributed by atoms with Crippen molar-refractivity contribution in [2.24, 2.45) is 0 Å². The van der Waals surface area contributed by atoms with Crippen LogP contribution in [0.5, 0.6) is 0 Å². The molecule has 1 fully saturated rings. The van der Waals surface area contributed by atoms with Crippen LogP contribution in [0.1, 0.15) is 41.4 Å². The highest BCUT2D eigenvalue weighted by atomic mass is 16.2. The zero-order valence-electron chi connectivity index (χ0n) is 14.3. The van der Waals surface area contributed by atoms with Gasteiger partial charge in [0.2, 0.25) is 0 Å². The molecule has 0 unspecified atom stereocenters. The zero-order valence-corrected chi connectivity index (χ0v) is 14.3. The number of amides is 1. The lowest BCUT2D eigenvalue weighted by Crippen LogP contribution is -2.39. The highest BCUT2D eigenvalue weighted by molar-refractivity contribution is 5.94. The fraction of sp³-hybridized carbons (Fsp3) is 0.250. The Morgan fingerprint density at radius 1 is 0.962 bits per heavy atom. The van der Waals surface area contributed by atoms with Crippen LogP contribution in [0.25, 0.3) is 11.4 Å². The molecule has 6 nitrogen and oxygen atoms in total. The van der Waals surface area contributed by atoms with E-state index < -0.39 is 0 Å². The summed E-state index contributed by atoms with van der Waals surface area (Å²) in [5.74, 6) is 0.547. The molecule has 0 radical (unpaired) electrons. The van der Waals surface area contributed by atoms with E-state index in [2.05, 4.69) is 19.9 Å². The Morgan fingerprint density at radius 3 is 2.50 bits per heavy atom. The van der Waals surface area contributed by atoms with Gasteiger partial charge in [0.15, 0.2) is 5.82 Å². The number of likely N-dealkylation sites (tertiary alicyclic amines) is 1. The normalized spacial score (nSPS) is 17.1. The fourth-order valence-electron chi connectivity index (χ4n) is 3.31. The standard InChI is InChI=1S/C20H19N5O/c26-20(16-13-23-19(24-14-16)15-7-10-21-11-8-15)25-12-4-2-6-18(25)17-5-1-3-9-22-17/h1,3,5,7-11,13-14,18H,2,4,6,12H2/t18-/m0/s1. The summed E-state index contributed by atoms with van der Waals surface area (Å²) in [5.41, 5.74) is 2.32. The van der Waals surface area contributed by atoms with E-state index in [9.17, 15) is 4.79 Å². The van der Waals surface area contributed by atoms with E-state index in [0.29, 0.717) is 11.4 Å². The molecule has 0 spiro atoms. The monoisotopic (exact) mass is 345 g/mol. The van der Waals surface area contributed by atoms with Crippen molar-refractivity contribution in [2.45, 2.75) is 25.3 Å². The first-order valence-corrected chi connectivity index (χ1v) is 8.77.